The Labute approximate surface area is 98.6 Å². The van der Waals surface area contributed by atoms with E-state index < -0.39 is 21.0 Å². The average molecular weight is 267 g/mol. The highest BCUT2D eigenvalue weighted by Crippen LogP contribution is 2.15. The molecule has 0 spiro atoms. The van der Waals surface area contributed by atoms with Crippen LogP contribution in [0.2, 0.25) is 0 Å². The molecule has 0 aliphatic rings. The molecule has 1 unspecified atom stereocenters. The van der Waals surface area contributed by atoms with E-state index in [4.69, 9.17) is 15.4 Å². The van der Waals surface area contributed by atoms with Gasteiger partial charge in [0.15, 0.2) is 0 Å². The van der Waals surface area contributed by atoms with Crippen LogP contribution in [0.25, 0.3) is 0 Å². The van der Waals surface area contributed by atoms with Crippen molar-refractivity contribution in [1.82, 2.24) is 0 Å². The Morgan fingerprint density at radius 2 is 1.94 bits per heavy atom. The second-order valence-electron chi connectivity index (χ2n) is 3.35. The van der Waals surface area contributed by atoms with Gasteiger partial charge in [-0.2, -0.15) is 0 Å². The standard InChI is InChI=1S/C10H12ClFO3S/c1-15-10-4-2-8(3-5-10)6-9(12)7-16(11,13)14/h2-5,9H,6-7H2,1H3. The molecule has 0 aromatic heterocycles. The first kappa shape index (κ1) is 13.3. The molecule has 0 N–H and O–H groups in total. The van der Waals surface area contributed by atoms with Gasteiger partial charge in [0.05, 0.1) is 12.9 Å². The summed E-state index contributed by atoms with van der Waals surface area (Å²) in [7, 11) is 2.71. The average Bonchev–Trinajstić information content (AvgIpc) is 2.16. The van der Waals surface area contributed by atoms with Crippen LogP contribution in [-0.4, -0.2) is 27.5 Å². The number of hydrogen-bond donors (Lipinski definition) is 0. The van der Waals surface area contributed by atoms with Gasteiger partial charge < -0.3 is 4.74 Å². The van der Waals surface area contributed by atoms with Gasteiger partial charge in [-0.1, -0.05) is 12.1 Å². The van der Waals surface area contributed by atoms with Crippen molar-refractivity contribution in [1.29, 1.82) is 0 Å². The first-order valence-corrected chi connectivity index (χ1v) is 7.08. The summed E-state index contributed by atoms with van der Waals surface area (Å²) in [5, 5.41) is 0. The number of ether oxygens (including phenoxy) is 1. The maximum Gasteiger partial charge on any atom is 0.235 e. The third-order valence-corrected chi connectivity index (χ3v) is 3.13. The Kier molecular flexibility index (Phi) is 4.56. The number of rotatable bonds is 5. The van der Waals surface area contributed by atoms with Gasteiger partial charge in [-0.25, -0.2) is 12.8 Å². The zero-order valence-electron chi connectivity index (χ0n) is 8.69. The number of benzene rings is 1. The van der Waals surface area contributed by atoms with Gasteiger partial charge in [0, 0.05) is 17.1 Å². The van der Waals surface area contributed by atoms with Crippen molar-refractivity contribution in [2.45, 2.75) is 12.6 Å². The molecule has 0 saturated heterocycles. The van der Waals surface area contributed by atoms with E-state index in [9.17, 15) is 12.8 Å². The lowest BCUT2D eigenvalue weighted by Crippen LogP contribution is -2.15. The number of hydrogen-bond acceptors (Lipinski definition) is 3. The van der Waals surface area contributed by atoms with E-state index in [-0.39, 0.29) is 6.42 Å². The summed E-state index contributed by atoms with van der Waals surface area (Å²) in [5.74, 6) is 0.00440. The molecule has 1 atom stereocenters. The molecular weight excluding hydrogens is 255 g/mol. The van der Waals surface area contributed by atoms with Crippen LogP contribution >= 0.6 is 10.7 Å². The molecule has 16 heavy (non-hydrogen) atoms. The molecule has 3 nitrogen and oxygen atoms in total. The maximum atomic E-state index is 13.3. The number of methoxy groups -OCH3 is 1. The lowest BCUT2D eigenvalue weighted by molar-refractivity contribution is 0.361. The van der Waals surface area contributed by atoms with E-state index in [1.807, 2.05) is 0 Å². The molecule has 0 aliphatic carbocycles. The highest BCUT2D eigenvalue weighted by atomic mass is 35.7. The molecule has 1 rings (SSSR count). The SMILES string of the molecule is COc1ccc(CC(F)CS(=O)(=O)Cl)cc1. The fourth-order valence-corrected chi connectivity index (χ4v) is 2.25. The van der Waals surface area contributed by atoms with Crippen molar-refractivity contribution < 1.29 is 17.5 Å². The fraction of sp³-hybridized carbons (Fsp3) is 0.400. The van der Waals surface area contributed by atoms with Gasteiger partial charge in [-0.05, 0) is 17.7 Å². The molecule has 90 valence electrons. The molecule has 6 heteroatoms. The first-order chi connectivity index (χ1) is 7.40. The van der Waals surface area contributed by atoms with Crippen molar-refractivity contribution in [2.75, 3.05) is 12.9 Å². The molecule has 0 bridgehead atoms. The van der Waals surface area contributed by atoms with E-state index in [0.29, 0.717) is 11.3 Å². The highest BCUT2D eigenvalue weighted by Gasteiger charge is 2.16. The van der Waals surface area contributed by atoms with Gasteiger partial charge in [0.1, 0.15) is 11.9 Å². The first-order valence-electron chi connectivity index (χ1n) is 4.60. The van der Waals surface area contributed by atoms with Crippen molar-refractivity contribution >= 4 is 19.7 Å². The molecule has 0 heterocycles. The molecule has 1 aromatic carbocycles. The summed E-state index contributed by atoms with van der Waals surface area (Å²) >= 11 is 0. The molecule has 0 fully saturated rings. The summed E-state index contributed by atoms with van der Waals surface area (Å²) in [4.78, 5) is 0. The van der Waals surface area contributed by atoms with Crippen LogP contribution in [0.1, 0.15) is 5.56 Å². The van der Waals surface area contributed by atoms with Crippen LogP contribution in [0.4, 0.5) is 4.39 Å². The van der Waals surface area contributed by atoms with Crippen molar-refractivity contribution in [3.05, 3.63) is 29.8 Å². The van der Waals surface area contributed by atoms with Gasteiger partial charge in [0.2, 0.25) is 9.05 Å². The van der Waals surface area contributed by atoms with Crippen LogP contribution in [0.5, 0.6) is 5.75 Å². The number of alkyl halides is 1. The van der Waals surface area contributed by atoms with Gasteiger partial charge in [0.25, 0.3) is 0 Å². The molecule has 0 radical (unpaired) electrons. The quantitative estimate of drug-likeness (QED) is 0.767. The van der Waals surface area contributed by atoms with Crippen molar-refractivity contribution in [2.24, 2.45) is 0 Å². The zero-order chi connectivity index (χ0) is 12.2. The van der Waals surface area contributed by atoms with E-state index in [2.05, 4.69) is 0 Å². The lowest BCUT2D eigenvalue weighted by atomic mass is 10.1. The Morgan fingerprint density at radius 1 is 1.38 bits per heavy atom. The topological polar surface area (TPSA) is 43.4 Å². The highest BCUT2D eigenvalue weighted by molar-refractivity contribution is 8.13. The summed E-state index contributed by atoms with van der Waals surface area (Å²) in [5.41, 5.74) is 0.702. The van der Waals surface area contributed by atoms with Gasteiger partial charge in [-0.15, -0.1) is 0 Å². The van der Waals surface area contributed by atoms with E-state index in [0.717, 1.165) is 0 Å². The summed E-state index contributed by atoms with van der Waals surface area (Å²) in [6, 6.07) is 6.76. The minimum atomic E-state index is -3.78. The van der Waals surface area contributed by atoms with Crippen LogP contribution < -0.4 is 4.74 Å². The minimum absolute atomic E-state index is 0.0238. The van der Waals surface area contributed by atoms with Crippen molar-refractivity contribution in [3.8, 4) is 5.75 Å². The predicted molar refractivity (Wildman–Crippen MR) is 61.2 cm³/mol. The summed E-state index contributed by atoms with van der Waals surface area (Å²) < 4.78 is 39.5. The Hall–Kier alpha value is -0.810. The molecule has 0 saturated carbocycles. The third kappa shape index (κ3) is 4.81. The second kappa shape index (κ2) is 5.50. The molecule has 0 amide bonds. The van der Waals surface area contributed by atoms with E-state index in [1.54, 1.807) is 24.3 Å². The second-order valence-corrected chi connectivity index (χ2v) is 6.18. The fourth-order valence-electron chi connectivity index (χ4n) is 1.29. The number of halogens is 2. The van der Waals surface area contributed by atoms with Gasteiger partial charge >= 0.3 is 0 Å². The summed E-state index contributed by atoms with van der Waals surface area (Å²) in [6.07, 6.45) is -1.47. The Balaban J connectivity index is 2.59. The zero-order valence-corrected chi connectivity index (χ0v) is 10.3. The lowest BCUT2D eigenvalue weighted by Gasteiger charge is -2.06. The largest absolute Gasteiger partial charge is 0.497 e. The molecule has 1 aromatic rings. The Bertz CT molecular complexity index is 430. The van der Waals surface area contributed by atoms with E-state index >= 15 is 0 Å². The van der Waals surface area contributed by atoms with Crippen LogP contribution in [-0.2, 0) is 15.5 Å². The van der Waals surface area contributed by atoms with Crippen LogP contribution in [0, 0.1) is 0 Å². The minimum Gasteiger partial charge on any atom is -0.497 e. The van der Waals surface area contributed by atoms with Crippen LogP contribution in [0.15, 0.2) is 24.3 Å². The summed E-state index contributed by atoms with van der Waals surface area (Å²) in [6.45, 7) is 0. The van der Waals surface area contributed by atoms with Crippen LogP contribution in [0.3, 0.4) is 0 Å². The Morgan fingerprint density at radius 3 is 2.38 bits per heavy atom. The molecular formula is C10H12ClFO3S. The molecule has 0 aliphatic heterocycles. The van der Waals surface area contributed by atoms with Crippen molar-refractivity contribution in [3.63, 3.8) is 0 Å². The van der Waals surface area contributed by atoms with E-state index in [1.165, 1.54) is 7.11 Å². The normalized spacial score (nSPS) is 13.4. The monoisotopic (exact) mass is 266 g/mol. The third-order valence-electron chi connectivity index (χ3n) is 2.00. The predicted octanol–water partition coefficient (Wildman–Crippen LogP) is 2.14. The maximum absolute atomic E-state index is 13.3. The smallest absolute Gasteiger partial charge is 0.235 e. The van der Waals surface area contributed by atoms with Gasteiger partial charge in [-0.3, -0.25) is 0 Å².